The summed E-state index contributed by atoms with van der Waals surface area (Å²) in [5, 5.41) is 3.10. The van der Waals surface area contributed by atoms with E-state index in [4.69, 9.17) is 4.74 Å². The van der Waals surface area contributed by atoms with Gasteiger partial charge in [0.05, 0.1) is 19.1 Å². The van der Waals surface area contributed by atoms with Gasteiger partial charge in [0.15, 0.2) is 0 Å². The Kier molecular flexibility index (Phi) is 6.10. The lowest BCUT2D eigenvalue weighted by molar-refractivity contribution is -0.142. The molecule has 2 heterocycles. The standard InChI is InChI=1S/C23H22IN3O4/c1-25-21(28)19-18(13-12-15-8-4-3-5-9-15)26(14-16-10-6-7-11-17(16)24)27(23(30)31-2)20(19)22(25)29/h3-13,18-20H,14H2,1-2H3/b13-12+/t18-,19-,20+/m1/s1. The normalized spacial score (nSPS) is 23.6. The quantitative estimate of drug-likeness (QED) is 0.448. The number of rotatable bonds is 4. The number of ether oxygens (including phenoxy) is 1. The fourth-order valence-corrected chi connectivity index (χ4v) is 4.74. The number of halogens is 1. The van der Waals surface area contributed by atoms with Gasteiger partial charge < -0.3 is 4.74 Å². The molecule has 4 rings (SSSR count). The van der Waals surface area contributed by atoms with Gasteiger partial charge in [0.2, 0.25) is 5.91 Å². The molecule has 160 valence electrons. The van der Waals surface area contributed by atoms with E-state index in [2.05, 4.69) is 22.6 Å². The maximum Gasteiger partial charge on any atom is 0.424 e. The summed E-state index contributed by atoms with van der Waals surface area (Å²) in [6.07, 6.45) is 3.16. The molecule has 2 fully saturated rings. The molecule has 0 spiro atoms. The van der Waals surface area contributed by atoms with Crippen LogP contribution in [0.15, 0.2) is 60.7 Å². The molecule has 7 nitrogen and oxygen atoms in total. The average molecular weight is 531 g/mol. The molecule has 2 aromatic rings. The molecule has 0 saturated carbocycles. The van der Waals surface area contributed by atoms with Gasteiger partial charge in [0, 0.05) is 17.2 Å². The van der Waals surface area contributed by atoms with Gasteiger partial charge in [0.25, 0.3) is 5.91 Å². The number of hydrazine groups is 1. The maximum atomic E-state index is 13.0. The Hall–Kier alpha value is -2.72. The summed E-state index contributed by atoms with van der Waals surface area (Å²) in [7, 11) is 2.74. The minimum absolute atomic E-state index is 0.295. The van der Waals surface area contributed by atoms with E-state index in [1.807, 2.05) is 66.7 Å². The number of hydrogen-bond donors (Lipinski definition) is 0. The van der Waals surface area contributed by atoms with Crippen molar-refractivity contribution in [2.24, 2.45) is 5.92 Å². The lowest BCUT2D eigenvalue weighted by Gasteiger charge is -2.33. The first kappa shape index (κ1) is 21.5. The zero-order valence-electron chi connectivity index (χ0n) is 17.1. The minimum Gasteiger partial charge on any atom is -0.452 e. The molecule has 0 aromatic heterocycles. The van der Waals surface area contributed by atoms with Crippen LogP contribution in [0.5, 0.6) is 0 Å². The second-order valence-electron chi connectivity index (χ2n) is 7.47. The number of amides is 3. The van der Waals surface area contributed by atoms with Gasteiger partial charge in [-0.3, -0.25) is 14.5 Å². The van der Waals surface area contributed by atoms with Crippen LogP contribution < -0.4 is 0 Å². The number of imide groups is 1. The first-order chi connectivity index (χ1) is 14.9. The first-order valence-electron chi connectivity index (χ1n) is 9.86. The number of carbonyl (C=O) groups is 3. The molecule has 0 radical (unpaired) electrons. The molecule has 31 heavy (non-hydrogen) atoms. The largest absolute Gasteiger partial charge is 0.452 e. The van der Waals surface area contributed by atoms with Crippen LogP contribution in [0.25, 0.3) is 6.08 Å². The van der Waals surface area contributed by atoms with Crippen molar-refractivity contribution in [3.63, 3.8) is 0 Å². The molecule has 2 aliphatic rings. The number of methoxy groups -OCH3 is 1. The number of nitrogens with zero attached hydrogens (tertiary/aromatic N) is 3. The average Bonchev–Trinajstić information content (AvgIpc) is 3.21. The second kappa shape index (κ2) is 8.80. The summed E-state index contributed by atoms with van der Waals surface area (Å²) in [5.41, 5.74) is 1.96. The van der Waals surface area contributed by atoms with Crippen molar-refractivity contribution < 1.29 is 19.1 Å². The van der Waals surface area contributed by atoms with Crippen molar-refractivity contribution in [1.29, 1.82) is 0 Å². The Morgan fingerprint density at radius 1 is 1.06 bits per heavy atom. The Balaban J connectivity index is 1.79. The highest BCUT2D eigenvalue weighted by molar-refractivity contribution is 14.1. The Labute approximate surface area is 194 Å². The summed E-state index contributed by atoms with van der Waals surface area (Å²) < 4.78 is 6.04. The Morgan fingerprint density at radius 2 is 1.74 bits per heavy atom. The highest BCUT2D eigenvalue weighted by Crippen LogP contribution is 2.40. The summed E-state index contributed by atoms with van der Waals surface area (Å²) in [5.74, 6) is -1.39. The van der Waals surface area contributed by atoms with E-state index in [1.54, 1.807) is 5.01 Å². The van der Waals surface area contributed by atoms with Crippen LogP contribution >= 0.6 is 22.6 Å². The van der Waals surface area contributed by atoms with Gasteiger partial charge in [-0.1, -0.05) is 60.7 Å². The summed E-state index contributed by atoms with van der Waals surface area (Å²) in [6, 6.07) is 16.1. The van der Waals surface area contributed by atoms with E-state index in [0.29, 0.717) is 6.54 Å². The third-order valence-electron chi connectivity index (χ3n) is 5.73. The lowest BCUT2D eigenvalue weighted by Crippen LogP contribution is -2.50. The molecule has 3 atom stereocenters. The van der Waals surface area contributed by atoms with Crippen molar-refractivity contribution in [3.8, 4) is 0 Å². The Morgan fingerprint density at radius 3 is 2.42 bits per heavy atom. The van der Waals surface area contributed by atoms with Crippen LogP contribution in [0, 0.1) is 9.49 Å². The molecule has 0 unspecified atom stereocenters. The predicted octanol–water partition coefficient (Wildman–Crippen LogP) is 3.16. The summed E-state index contributed by atoms with van der Waals surface area (Å²) in [4.78, 5) is 39.8. The van der Waals surface area contributed by atoms with Crippen LogP contribution in [0.2, 0.25) is 0 Å². The molecule has 0 aliphatic carbocycles. The number of likely N-dealkylation sites (N-methyl/N-ethyl adjacent to an activating group) is 1. The second-order valence-corrected chi connectivity index (χ2v) is 8.63. The predicted molar refractivity (Wildman–Crippen MR) is 123 cm³/mol. The minimum atomic E-state index is -0.920. The molecular weight excluding hydrogens is 509 g/mol. The van der Waals surface area contributed by atoms with Crippen molar-refractivity contribution >= 4 is 46.6 Å². The maximum absolute atomic E-state index is 13.0. The van der Waals surface area contributed by atoms with Crippen molar-refractivity contribution in [2.45, 2.75) is 18.6 Å². The fourth-order valence-electron chi connectivity index (χ4n) is 4.19. The third-order valence-corrected chi connectivity index (χ3v) is 6.78. The monoisotopic (exact) mass is 531 g/mol. The third kappa shape index (κ3) is 3.85. The lowest BCUT2D eigenvalue weighted by atomic mass is 9.94. The van der Waals surface area contributed by atoms with Gasteiger partial charge >= 0.3 is 6.09 Å². The number of fused-ring (bicyclic) bond motifs is 1. The Bertz CT molecular complexity index is 1040. The van der Waals surface area contributed by atoms with E-state index in [9.17, 15) is 14.4 Å². The molecular formula is C23H22IN3O4. The van der Waals surface area contributed by atoms with Crippen LogP contribution in [0.3, 0.4) is 0 Å². The zero-order valence-corrected chi connectivity index (χ0v) is 19.3. The van der Waals surface area contributed by atoms with Crippen LogP contribution in [0.4, 0.5) is 4.79 Å². The van der Waals surface area contributed by atoms with E-state index in [-0.39, 0.29) is 5.91 Å². The summed E-state index contributed by atoms with van der Waals surface area (Å²) >= 11 is 2.24. The number of benzene rings is 2. The molecule has 2 aromatic carbocycles. The van der Waals surface area contributed by atoms with Crippen LogP contribution in [0.1, 0.15) is 11.1 Å². The molecule has 2 saturated heterocycles. The van der Waals surface area contributed by atoms with Crippen LogP contribution in [-0.4, -0.2) is 59.1 Å². The number of carbonyl (C=O) groups excluding carboxylic acids is 3. The number of hydrogen-bond acceptors (Lipinski definition) is 5. The molecule has 8 heteroatoms. The topological polar surface area (TPSA) is 70.2 Å². The van der Waals surface area contributed by atoms with Crippen molar-refractivity contribution in [3.05, 3.63) is 75.4 Å². The van der Waals surface area contributed by atoms with Gasteiger partial charge in [-0.05, 0) is 39.8 Å². The van der Waals surface area contributed by atoms with Crippen molar-refractivity contribution in [1.82, 2.24) is 14.9 Å². The van der Waals surface area contributed by atoms with E-state index in [1.165, 1.54) is 19.2 Å². The molecule has 0 N–H and O–H groups in total. The smallest absolute Gasteiger partial charge is 0.424 e. The highest BCUT2D eigenvalue weighted by Gasteiger charge is 2.61. The van der Waals surface area contributed by atoms with E-state index >= 15 is 0 Å². The number of likely N-dealkylation sites (tertiary alicyclic amines) is 1. The van der Waals surface area contributed by atoms with Gasteiger partial charge in [0.1, 0.15) is 6.04 Å². The van der Waals surface area contributed by atoms with Gasteiger partial charge in [-0.25, -0.2) is 14.8 Å². The fraction of sp³-hybridized carbons (Fsp3) is 0.261. The first-order valence-corrected chi connectivity index (χ1v) is 10.9. The van der Waals surface area contributed by atoms with Crippen LogP contribution in [-0.2, 0) is 20.9 Å². The summed E-state index contributed by atoms with van der Waals surface area (Å²) in [6.45, 7) is 0.356. The SMILES string of the molecule is COC(=O)N1[C@@H]2C(=O)N(C)C(=O)[C@@H]2[C@@H](/C=C/c2ccccc2)N1Cc1ccccc1I. The molecule has 3 amide bonds. The van der Waals surface area contributed by atoms with Crippen molar-refractivity contribution in [2.75, 3.05) is 14.2 Å². The van der Waals surface area contributed by atoms with Gasteiger partial charge in [-0.15, -0.1) is 0 Å². The van der Waals surface area contributed by atoms with E-state index < -0.39 is 30.0 Å². The molecule has 0 bridgehead atoms. The highest BCUT2D eigenvalue weighted by atomic mass is 127. The zero-order chi connectivity index (χ0) is 22.1. The molecule has 2 aliphatic heterocycles. The van der Waals surface area contributed by atoms with E-state index in [0.717, 1.165) is 19.6 Å². The van der Waals surface area contributed by atoms with Gasteiger partial charge in [-0.2, -0.15) is 0 Å².